The Labute approximate surface area is 162 Å². The number of nitrogens with zero attached hydrogens (tertiary/aromatic N) is 3. The predicted molar refractivity (Wildman–Crippen MR) is 101 cm³/mol. The van der Waals surface area contributed by atoms with E-state index in [0.29, 0.717) is 23.5 Å². The average molecular weight is 385 g/mol. The highest BCUT2D eigenvalue weighted by atomic mass is 16.6. The van der Waals surface area contributed by atoms with E-state index in [4.69, 9.17) is 9.47 Å². The standard InChI is InChI=1S/C19H23N5O4/c1-3-12-14(25)15(27-2)19(28-12)24-10-22-13-16(20-9-21-17(13)24)23-18(26)11-7-5-4-6-8-11/h4-10,12,14-16,19,25H,3H2,1-2H3,(H,20,21)(H,23,26)/t12-,14?,15+,16?,19-/m1/s1. The van der Waals surface area contributed by atoms with Gasteiger partial charge in [-0.05, 0) is 18.6 Å². The Bertz CT molecular complexity index is 868. The van der Waals surface area contributed by atoms with Crippen molar-refractivity contribution >= 4 is 18.1 Å². The third-order valence-electron chi connectivity index (χ3n) is 5.07. The number of methoxy groups -OCH3 is 1. The van der Waals surface area contributed by atoms with Gasteiger partial charge in [0.2, 0.25) is 0 Å². The summed E-state index contributed by atoms with van der Waals surface area (Å²) in [7, 11) is 1.54. The van der Waals surface area contributed by atoms with Crippen molar-refractivity contribution in [2.75, 3.05) is 7.11 Å². The van der Waals surface area contributed by atoms with E-state index in [2.05, 4.69) is 20.6 Å². The Balaban J connectivity index is 1.58. The van der Waals surface area contributed by atoms with Crippen LogP contribution < -0.4 is 10.6 Å². The van der Waals surface area contributed by atoms with E-state index in [-0.39, 0.29) is 12.0 Å². The van der Waals surface area contributed by atoms with Crippen LogP contribution in [0.25, 0.3) is 0 Å². The summed E-state index contributed by atoms with van der Waals surface area (Å²) in [6.45, 7) is 1.95. The Kier molecular flexibility index (Phi) is 5.12. The number of aliphatic hydroxyl groups excluding tert-OH is 1. The van der Waals surface area contributed by atoms with Gasteiger partial charge in [-0.3, -0.25) is 9.36 Å². The van der Waals surface area contributed by atoms with Crippen molar-refractivity contribution in [2.24, 2.45) is 4.99 Å². The van der Waals surface area contributed by atoms with E-state index in [1.807, 2.05) is 25.1 Å². The van der Waals surface area contributed by atoms with Gasteiger partial charge in [-0.1, -0.05) is 25.1 Å². The maximum Gasteiger partial charge on any atom is 0.253 e. The second-order valence-electron chi connectivity index (χ2n) is 6.72. The fourth-order valence-corrected chi connectivity index (χ4v) is 3.59. The number of nitrogens with one attached hydrogen (secondary N) is 2. The molecule has 2 aliphatic heterocycles. The first-order chi connectivity index (χ1) is 13.6. The summed E-state index contributed by atoms with van der Waals surface area (Å²) in [6, 6.07) is 8.96. The molecule has 3 heterocycles. The van der Waals surface area contributed by atoms with Crippen LogP contribution in [0, 0.1) is 0 Å². The van der Waals surface area contributed by atoms with Crippen molar-refractivity contribution in [1.29, 1.82) is 0 Å². The molecule has 0 aliphatic carbocycles. The molecule has 1 aromatic heterocycles. The van der Waals surface area contributed by atoms with Crippen LogP contribution in [0.4, 0.5) is 5.82 Å². The number of benzene rings is 1. The smallest absolute Gasteiger partial charge is 0.253 e. The van der Waals surface area contributed by atoms with Crippen molar-refractivity contribution < 1.29 is 19.4 Å². The molecule has 4 rings (SSSR count). The van der Waals surface area contributed by atoms with Crippen LogP contribution in [0.3, 0.4) is 0 Å². The minimum atomic E-state index is -0.739. The van der Waals surface area contributed by atoms with Crippen LogP contribution in [0.2, 0.25) is 0 Å². The molecule has 5 atom stereocenters. The lowest BCUT2D eigenvalue weighted by Gasteiger charge is -2.24. The van der Waals surface area contributed by atoms with E-state index < -0.39 is 24.6 Å². The quantitative estimate of drug-likeness (QED) is 0.715. The van der Waals surface area contributed by atoms with E-state index in [0.717, 1.165) is 0 Å². The fraction of sp³-hybridized carbons (Fsp3) is 0.421. The number of imidazole rings is 1. The topological polar surface area (TPSA) is 110 Å². The normalized spacial score (nSPS) is 28.6. The van der Waals surface area contributed by atoms with Crippen LogP contribution in [-0.4, -0.2) is 52.3 Å². The molecule has 3 N–H and O–H groups in total. The van der Waals surface area contributed by atoms with Gasteiger partial charge in [0.25, 0.3) is 5.91 Å². The molecule has 2 aliphatic rings. The number of rotatable bonds is 5. The van der Waals surface area contributed by atoms with Crippen molar-refractivity contribution in [3.63, 3.8) is 0 Å². The van der Waals surface area contributed by atoms with Gasteiger partial charge in [-0.25, -0.2) is 9.98 Å². The summed E-state index contributed by atoms with van der Waals surface area (Å²) in [5, 5.41) is 16.4. The van der Waals surface area contributed by atoms with Crippen molar-refractivity contribution in [2.45, 2.75) is 44.1 Å². The van der Waals surface area contributed by atoms with E-state index in [1.165, 1.54) is 6.34 Å². The molecule has 0 bridgehead atoms. The van der Waals surface area contributed by atoms with Gasteiger partial charge in [0.05, 0.1) is 18.8 Å². The number of carbonyl (C=O) groups excluding carboxylic acids is 1. The van der Waals surface area contributed by atoms with Crippen LogP contribution in [0.5, 0.6) is 0 Å². The number of carbonyl (C=O) groups is 1. The number of amides is 1. The molecule has 1 saturated heterocycles. The summed E-state index contributed by atoms with van der Waals surface area (Å²) in [5.74, 6) is 0.329. The number of aliphatic hydroxyl groups is 1. The highest BCUT2D eigenvalue weighted by Crippen LogP contribution is 2.37. The number of ether oxygens (including phenoxy) is 2. The monoisotopic (exact) mass is 385 g/mol. The molecule has 2 unspecified atom stereocenters. The largest absolute Gasteiger partial charge is 0.388 e. The van der Waals surface area contributed by atoms with Crippen molar-refractivity contribution in [3.05, 3.63) is 47.9 Å². The zero-order chi connectivity index (χ0) is 19.7. The molecule has 0 spiro atoms. The molecule has 9 nitrogen and oxygen atoms in total. The van der Waals surface area contributed by atoms with Crippen LogP contribution in [-0.2, 0) is 9.47 Å². The molecule has 0 saturated carbocycles. The Morgan fingerprint density at radius 1 is 1.39 bits per heavy atom. The van der Waals surface area contributed by atoms with Crippen molar-refractivity contribution in [3.8, 4) is 0 Å². The zero-order valence-corrected chi connectivity index (χ0v) is 15.6. The summed E-state index contributed by atoms with van der Waals surface area (Å²) < 4.78 is 13.2. The van der Waals surface area contributed by atoms with Crippen molar-refractivity contribution in [1.82, 2.24) is 20.2 Å². The second-order valence-corrected chi connectivity index (χ2v) is 6.72. The molecule has 9 heteroatoms. The van der Waals surface area contributed by atoms with Crippen LogP contribution in [0.1, 0.15) is 41.8 Å². The van der Waals surface area contributed by atoms with Crippen LogP contribution in [0.15, 0.2) is 41.7 Å². The fourth-order valence-electron chi connectivity index (χ4n) is 3.59. The third-order valence-corrected chi connectivity index (χ3v) is 5.07. The number of hydrogen-bond donors (Lipinski definition) is 3. The number of hydrogen-bond acceptors (Lipinski definition) is 7. The number of fused-ring (bicyclic) bond motifs is 1. The maximum absolute atomic E-state index is 12.5. The van der Waals surface area contributed by atoms with Gasteiger partial charge in [0.15, 0.2) is 12.0 Å². The Morgan fingerprint density at radius 2 is 2.18 bits per heavy atom. The van der Waals surface area contributed by atoms with E-state index in [9.17, 15) is 9.90 Å². The number of aliphatic imine (C=N–C) groups is 1. The first-order valence-corrected chi connectivity index (χ1v) is 9.21. The van der Waals surface area contributed by atoms with Gasteiger partial charge >= 0.3 is 0 Å². The lowest BCUT2D eigenvalue weighted by atomic mass is 10.1. The molecule has 1 amide bonds. The summed E-state index contributed by atoms with van der Waals surface area (Å²) in [5.41, 5.74) is 1.12. The molecule has 1 aromatic carbocycles. The van der Waals surface area contributed by atoms with Gasteiger partial charge in [0.1, 0.15) is 24.1 Å². The van der Waals surface area contributed by atoms with Gasteiger partial charge < -0.3 is 25.2 Å². The summed E-state index contributed by atoms with van der Waals surface area (Å²) in [6.07, 6.45) is 1.08. The highest BCUT2D eigenvalue weighted by Gasteiger charge is 2.45. The Morgan fingerprint density at radius 3 is 2.89 bits per heavy atom. The first-order valence-electron chi connectivity index (χ1n) is 9.21. The second kappa shape index (κ2) is 7.70. The lowest BCUT2D eigenvalue weighted by molar-refractivity contribution is -0.0508. The summed E-state index contributed by atoms with van der Waals surface area (Å²) in [4.78, 5) is 21.3. The first kappa shape index (κ1) is 18.6. The lowest BCUT2D eigenvalue weighted by Crippen LogP contribution is -2.39. The molecule has 148 valence electrons. The van der Waals surface area contributed by atoms with Crippen LogP contribution >= 0.6 is 0 Å². The molecule has 0 radical (unpaired) electrons. The molecule has 28 heavy (non-hydrogen) atoms. The van der Waals surface area contributed by atoms with E-state index >= 15 is 0 Å². The maximum atomic E-state index is 12.5. The summed E-state index contributed by atoms with van der Waals surface area (Å²) >= 11 is 0. The Hall–Kier alpha value is -2.75. The molecule has 1 fully saturated rings. The third kappa shape index (κ3) is 3.17. The van der Waals surface area contributed by atoms with Gasteiger partial charge in [-0.2, -0.15) is 0 Å². The number of aromatic nitrogens is 2. The minimum absolute atomic E-state index is 0.220. The predicted octanol–water partition coefficient (Wildman–Crippen LogP) is 1.26. The zero-order valence-electron chi connectivity index (χ0n) is 15.6. The van der Waals surface area contributed by atoms with E-state index in [1.54, 1.807) is 30.1 Å². The average Bonchev–Trinajstić information content (AvgIpc) is 3.29. The SMILES string of the molecule is CC[C@H]1O[C@@H](n2cnc3c2N=CNC3NC(=O)c2ccccc2)[C@@H](OC)C1O. The van der Waals surface area contributed by atoms with Gasteiger partial charge in [-0.15, -0.1) is 0 Å². The minimum Gasteiger partial charge on any atom is -0.388 e. The molecular formula is C19H23N5O4. The molecule has 2 aromatic rings. The van der Waals surface area contributed by atoms with Gasteiger partial charge in [0, 0.05) is 12.7 Å². The highest BCUT2D eigenvalue weighted by molar-refractivity contribution is 5.94. The molecular weight excluding hydrogens is 362 g/mol.